The van der Waals surface area contributed by atoms with Crippen molar-refractivity contribution in [2.75, 3.05) is 13.1 Å². The summed E-state index contributed by atoms with van der Waals surface area (Å²) in [5.41, 5.74) is 0. The number of hydrogen-bond acceptors (Lipinski definition) is 1. The molecule has 0 N–H and O–H groups in total. The first-order valence-electron chi connectivity index (χ1n) is 6.03. The quantitative estimate of drug-likeness (QED) is 0.646. The lowest BCUT2D eigenvalue weighted by Gasteiger charge is -2.35. The maximum Gasteiger partial charge on any atom is 0.00949 e. The molecule has 0 radical (unpaired) electrons. The molecular formula is C12H25N. The van der Waals surface area contributed by atoms with E-state index < -0.39 is 0 Å². The molecule has 1 heteroatoms. The Bertz CT molecular complexity index is 123. The highest BCUT2D eigenvalue weighted by Gasteiger charge is 2.23. The van der Waals surface area contributed by atoms with Crippen LogP contribution in [0.3, 0.4) is 0 Å². The van der Waals surface area contributed by atoms with E-state index in [0.717, 1.165) is 12.0 Å². The van der Waals surface area contributed by atoms with Crippen LogP contribution in [0.4, 0.5) is 0 Å². The van der Waals surface area contributed by atoms with Crippen LogP contribution < -0.4 is 0 Å². The van der Waals surface area contributed by atoms with Crippen molar-refractivity contribution < 1.29 is 0 Å². The second-order valence-corrected chi connectivity index (χ2v) is 4.36. The molecule has 1 aliphatic carbocycles. The van der Waals surface area contributed by atoms with Gasteiger partial charge < -0.3 is 4.90 Å². The molecular weight excluding hydrogens is 158 g/mol. The van der Waals surface area contributed by atoms with Gasteiger partial charge in [0.05, 0.1) is 0 Å². The van der Waals surface area contributed by atoms with Crippen LogP contribution in [0.1, 0.15) is 52.9 Å². The van der Waals surface area contributed by atoms with E-state index in [9.17, 15) is 0 Å². The molecule has 1 rings (SSSR count). The molecule has 13 heavy (non-hydrogen) atoms. The van der Waals surface area contributed by atoms with Crippen molar-refractivity contribution in [2.24, 2.45) is 5.92 Å². The molecule has 0 aromatic carbocycles. The molecule has 0 aromatic heterocycles. The summed E-state index contributed by atoms with van der Waals surface area (Å²) < 4.78 is 0. The molecule has 1 nitrogen and oxygen atoms in total. The van der Waals surface area contributed by atoms with Gasteiger partial charge in [0.25, 0.3) is 0 Å². The fraction of sp³-hybridized carbons (Fsp3) is 1.00. The first-order chi connectivity index (χ1) is 6.29. The minimum Gasteiger partial charge on any atom is -0.301 e. The number of nitrogens with zero attached hydrogens (tertiary/aromatic N) is 1. The summed E-state index contributed by atoms with van der Waals surface area (Å²) in [6, 6.07) is 0.815. The topological polar surface area (TPSA) is 3.24 Å². The summed E-state index contributed by atoms with van der Waals surface area (Å²) in [6.07, 6.45) is 7.35. The third-order valence-corrected chi connectivity index (χ3v) is 3.72. The average molecular weight is 183 g/mol. The lowest BCUT2D eigenvalue weighted by molar-refractivity contribution is 0.142. The van der Waals surface area contributed by atoms with E-state index in [0.29, 0.717) is 0 Å². The van der Waals surface area contributed by atoms with E-state index in [2.05, 4.69) is 25.7 Å². The van der Waals surface area contributed by atoms with Gasteiger partial charge >= 0.3 is 0 Å². The van der Waals surface area contributed by atoms with Crippen LogP contribution in [0, 0.1) is 5.92 Å². The second kappa shape index (κ2) is 5.64. The maximum absolute atomic E-state index is 2.61. The van der Waals surface area contributed by atoms with Crippen LogP contribution in [0.5, 0.6) is 0 Å². The Morgan fingerprint density at radius 2 is 1.62 bits per heavy atom. The molecule has 0 bridgehead atoms. The molecule has 1 aliphatic rings. The molecule has 0 spiro atoms. The van der Waals surface area contributed by atoms with Gasteiger partial charge in [0, 0.05) is 6.04 Å². The van der Waals surface area contributed by atoms with Gasteiger partial charge in [-0.2, -0.15) is 0 Å². The van der Waals surface area contributed by atoms with Gasteiger partial charge in [0.1, 0.15) is 0 Å². The predicted octanol–water partition coefficient (Wildman–Crippen LogP) is 3.30. The zero-order chi connectivity index (χ0) is 9.68. The third kappa shape index (κ3) is 2.98. The maximum atomic E-state index is 2.61. The molecule has 0 heterocycles. The average Bonchev–Trinajstić information content (AvgIpc) is 2.21. The Morgan fingerprint density at radius 3 is 2.08 bits per heavy atom. The van der Waals surface area contributed by atoms with E-state index in [1.165, 1.54) is 45.2 Å². The van der Waals surface area contributed by atoms with E-state index in [-0.39, 0.29) is 0 Å². The lowest BCUT2D eigenvalue weighted by atomic mass is 9.84. The summed E-state index contributed by atoms with van der Waals surface area (Å²) in [5.74, 6) is 0.980. The Labute approximate surface area is 83.5 Å². The number of rotatable bonds is 4. The summed E-state index contributed by atoms with van der Waals surface area (Å²) in [7, 11) is 0. The first kappa shape index (κ1) is 11.0. The molecule has 78 valence electrons. The Morgan fingerprint density at radius 1 is 1.08 bits per heavy atom. The number of hydrogen-bond donors (Lipinski definition) is 0. The van der Waals surface area contributed by atoms with E-state index in [1.807, 2.05) is 0 Å². The third-order valence-electron chi connectivity index (χ3n) is 3.72. The first-order valence-corrected chi connectivity index (χ1v) is 6.03. The van der Waals surface area contributed by atoms with Gasteiger partial charge in [-0.05, 0) is 38.8 Å². The van der Waals surface area contributed by atoms with Gasteiger partial charge in [-0.25, -0.2) is 0 Å². The zero-order valence-electron chi connectivity index (χ0n) is 9.55. The molecule has 1 saturated carbocycles. The highest BCUT2D eigenvalue weighted by Crippen LogP contribution is 2.28. The fourth-order valence-corrected chi connectivity index (χ4v) is 2.71. The van der Waals surface area contributed by atoms with Crippen LogP contribution in [0.25, 0.3) is 0 Å². The summed E-state index contributed by atoms with van der Waals surface area (Å²) >= 11 is 0. The largest absolute Gasteiger partial charge is 0.301 e. The van der Waals surface area contributed by atoms with Gasteiger partial charge in [0.2, 0.25) is 0 Å². The predicted molar refractivity (Wildman–Crippen MR) is 59.0 cm³/mol. The van der Waals surface area contributed by atoms with Crippen molar-refractivity contribution in [1.82, 2.24) is 4.90 Å². The molecule has 1 atom stereocenters. The molecule has 0 aliphatic heterocycles. The highest BCUT2D eigenvalue weighted by atomic mass is 15.1. The van der Waals surface area contributed by atoms with Crippen molar-refractivity contribution >= 4 is 0 Å². The summed E-state index contributed by atoms with van der Waals surface area (Å²) in [4.78, 5) is 2.61. The minimum atomic E-state index is 0.815. The fourth-order valence-electron chi connectivity index (χ4n) is 2.71. The zero-order valence-corrected chi connectivity index (χ0v) is 9.55. The lowest BCUT2D eigenvalue weighted by Crippen LogP contribution is -2.39. The van der Waals surface area contributed by atoms with Crippen LogP contribution >= 0.6 is 0 Å². The van der Waals surface area contributed by atoms with E-state index >= 15 is 0 Å². The Hall–Kier alpha value is -0.0400. The molecule has 1 fully saturated rings. The SMILES string of the molecule is CCN(CC)C(C)C1CCCCC1. The van der Waals surface area contributed by atoms with Gasteiger partial charge in [-0.3, -0.25) is 0 Å². The smallest absolute Gasteiger partial charge is 0.00949 e. The van der Waals surface area contributed by atoms with Crippen LogP contribution in [0.15, 0.2) is 0 Å². The molecule has 1 unspecified atom stereocenters. The second-order valence-electron chi connectivity index (χ2n) is 4.36. The molecule has 0 aromatic rings. The van der Waals surface area contributed by atoms with Crippen LogP contribution in [-0.2, 0) is 0 Å². The van der Waals surface area contributed by atoms with Gasteiger partial charge in [-0.1, -0.05) is 33.1 Å². The normalized spacial score (nSPS) is 22.2. The monoisotopic (exact) mass is 183 g/mol. The van der Waals surface area contributed by atoms with Crippen molar-refractivity contribution in [3.8, 4) is 0 Å². The summed E-state index contributed by atoms with van der Waals surface area (Å²) in [6.45, 7) is 9.41. The molecule has 0 saturated heterocycles. The summed E-state index contributed by atoms with van der Waals surface area (Å²) in [5, 5.41) is 0. The van der Waals surface area contributed by atoms with Crippen molar-refractivity contribution in [3.05, 3.63) is 0 Å². The Kier molecular flexibility index (Phi) is 4.79. The van der Waals surface area contributed by atoms with E-state index in [4.69, 9.17) is 0 Å². The highest BCUT2D eigenvalue weighted by molar-refractivity contribution is 4.77. The van der Waals surface area contributed by atoms with E-state index in [1.54, 1.807) is 0 Å². The standard InChI is InChI=1S/C12H25N/c1-4-13(5-2)11(3)12-9-7-6-8-10-12/h11-12H,4-10H2,1-3H3. The van der Waals surface area contributed by atoms with Crippen molar-refractivity contribution in [1.29, 1.82) is 0 Å². The Balaban J connectivity index is 2.38. The van der Waals surface area contributed by atoms with Crippen molar-refractivity contribution in [3.63, 3.8) is 0 Å². The van der Waals surface area contributed by atoms with Gasteiger partial charge in [-0.15, -0.1) is 0 Å². The molecule has 0 amide bonds. The van der Waals surface area contributed by atoms with Gasteiger partial charge in [0.15, 0.2) is 0 Å². The van der Waals surface area contributed by atoms with Crippen LogP contribution in [-0.4, -0.2) is 24.0 Å². The minimum absolute atomic E-state index is 0.815. The van der Waals surface area contributed by atoms with Crippen molar-refractivity contribution in [2.45, 2.75) is 58.9 Å². The van der Waals surface area contributed by atoms with Crippen LogP contribution in [0.2, 0.25) is 0 Å².